The number of amides is 1. The molecule has 0 aliphatic carbocycles. The first-order valence-corrected chi connectivity index (χ1v) is 5.76. The molecular weight excluding hydrogens is 202 g/mol. The number of hydrogen-bond donors (Lipinski definition) is 2. The fourth-order valence-corrected chi connectivity index (χ4v) is 1.70. The summed E-state index contributed by atoms with van der Waals surface area (Å²) in [6, 6.07) is 0. The number of carbonyl (C=O) groups excluding carboxylic acids is 1. The highest BCUT2D eigenvalue weighted by molar-refractivity contribution is 8.00. The number of nitrogens with one attached hydrogen (secondary N) is 1. The molecule has 0 aliphatic rings. The Hall–Kier alpha value is -0.260. The number of methoxy groups -OCH3 is 1. The van der Waals surface area contributed by atoms with E-state index in [1.54, 1.807) is 18.9 Å². The van der Waals surface area contributed by atoms with Crippen molar-refractivity contribution in [3.8, 4) is 0 Å². The monoisotopic (exact) mass is 221 g/mol. The maximum absolute atomic E-state index is 11.4. The molecule has 1 unspecified atom stereocenters. The van der Waals surface area contributed by atoms with Gasteiger partial charge in [-0.1, -0.05) is 0 Å². The minimum Gasteiger partial charge on any atom is -0.396 e. The average molecular weight is 221 g/mol. The highest BCUT2D eigenvalue weighted by atomic mass is 32.2. The summed E-state index contributed by atoms with van der Waals surface area (Å²) in [6.45, 7) is 3.15. The van der Waals surface area contributed by atoms with Crippen molar-refractivity contribution >= 4 is 17.7 Å². The molecule has 0 rings (SSSR count). The zero-order valence-corrected chi connectivity index (χ0v) is 9.60. The van der Waals surface area contributed by atoms with Gasteiger partial charge in [0.15, 0.2) is 0 Å². The van der Waals surface area contributed by atoms with Crippen LogP contribution in [0.2, 0.25) is 0 Å². The smallest absolute Gasteiger partial charge is 0.232 e. The second-order valence-corrected chi connectivity index (χ2v) is 4.32. The first kappa shape index (κ1) is 13.7. The molecule has 0 saturated heterocycles. The number of aliphatic hydroxyl groups is 1. The van der Waals surface area contributed by atoms with Gasteiger partial charge in [0.1, 0.15) is 0 Å². The van der Waals surface area contributed by atoms with Crippen LogP contribution < -0.4 is 5.32 Å². The average Bonchev–Trinajstić information content (AvgIpc) is 2.18. The van der Waals surface area contributed by atoms with Gasteiger partial charge >= 0.3 is 0 Å². The fourth-order valence-electron chi connectivity index (χ4n) is 0.820. The minimum atomic E-state index is -0.0570. The van der Waals surface area contributed by atoms with Crippen molar-refractivity contribution in [2.45, 2.75) is 18.6 Å². The van der Waals surface area contributed by atoms with Crippen molar-refractivity contribution < 1.29 is 14.6 Å². The lowest BCUT2D eigenvalue weighted by atomic mass is 10.4. The molecule has 0 saturated carbocycles. The molecule has 5 heteroatoms. The summed E-state index contributed by atoms with van der Waals surface area (Å²) in [6.07, 6.45) is 0.736. The predicted molar refractivity (Wildman–Crippen MR) is 58.5 cm³/mol. The fraction of sp³-hybridized carbons (Fsp3) is 0.889. The Balaban J connectivity index is 3.44. The second-order valence-electron chi connectivity index (χ2n) is 2.87. The van der Waals surface area contributed by atoms with E-state index in [0.29, 0.717) is 13.2 Å². The summed E-state index contributed by atoms with van der Waals surface area (Å²) in [5.74, 6) is 0.847. The lowest BCUT2D eigenvalue weighted by molar-refractivity contribution is -0.120. The summed E-state index contributed by atoms with van der Waals surface area (Å²) in [7, 11) is 1.60. The van der Waals surface area contributed by atoms with Crippen molar-refractivity contribution in [1.29, 1.82) is 0 Å². The molecule has 1 amide bonds. The van der Waals surface area contributed by atoms with Gasteiger partial charge in [0.2, 0.25) is 5.91 Å². The standard InChI is InChI=1S/C9H19NO3S/c1-8(14-7-3-5-11)9(12)10-4-6-13-2/h8,11H,3-7H2,1-2H3,(H,10,12). The molecule has 0 bridgehead atoms. The Bertz CT molecular complexity index is 155. The van der Waals surface area contributed by atoms with Gasteiger partial charge in [-0.3, -0.25) is 4.79 Å². The molecule has 1 atom stereocenters. The van der Waals surface area contributed by atoms with Gasteiger partial charge < -0.3 is 15.2 Å². The summed E-state index contributed by atoms with van der Waals surface area (Å²) >= 11 is 1.55. The molecule has 0 aliphatic heterocycles. The van der Waals surface area contributed by atoms with E-state index >= 15 is 0 Å². The molecule has 2 N–H and O–H groups in total. The van der Waals surface area contributed by atoms with E-state index in [2.05, 4.69) is 5.32 Å². The molecular formula is C9H19NO3S. The second kappa shape index (κ2) is 9.30. The molecule has 4 nitrogen and oxygen atoms in total. The lowest BCUT2D eigenvalue weighted by Gasteiger charge is -2.10. The largest absolute Gasteiger partial charge is 0.396 e. The molecule has 0 spiro atoms. The van der Waals surface area contributed by atoms with Crippen LogP contribution in [0.4, 0.5) is 0 Å². The summed E-state index contributed by atoms with van der Waals surface area (Å²) in [5.41, 5.74) is 0. The topological polar surface area (TPSA) is 58.6 Å². The summed E-state index contributed by atoms with van der Waals surface area (Å²) in [5, 5.41) is 11.3. The number of rotatable bonds is 8. The zero-order valence-electron chi connectivity index (χ0n) is 8.78. The molecule has 84 valence electrons. The van der Waals surface area contributed by atoms with Gasteiger partial charge in [0.05, 0.1) is 11.9 Å². The molecule has 0 radical (unpaired) electrons. The van der Waals surface area contributed by atoms with Gasteiger partial charge in [-0.2, -0.15) is 0 Å². The third kappa shape index (κ3) is 7.17. The Morgan fingerprint density at radius 1 is 1.64 bits per heavy atom. The Morgan fingerprint density at radius 3 is 2.93 bits per heavy atom. The minimum absolute atomic E-state index is 0.0324. The van der Waals surface area contributed by atoms with E-state index in [0.717, 1.165) is 12.2 Å². The number of ether oxygens (including phenoxy) is 1. The van der Waals surface area contributed by atoms with E-state index in [4.69, 9.17) is 9.84 Å². The SMILES string of the molecule is COCCNC(=O)C(C)SCCCO. The van der Waals surface area contributed by atoms with Crippen molar-refractivity contribution in [1.82, 2.24) is 5.32 Å². The van der Waals surface area contributed by atoms with Crippen LogP contribution in [0.3, 0.4) is 0 Å². The molecule has 0 fully saturated rings. The first-order chi connectivity index (χ1) is 6.72. The van der Waals surface area contributed by atoms with Crippen LogP contribution in [0.15, 0.2) is 0 Å². The van der Waals surface area contributed by atoms with Crippen molar-refractivity contribution in [3.05, 3.63) is 0 Å². The predicted octanol–water partition coefficient (Wildman–Crippen LogP) is 0.253. The van der Waals surface area contributed by atoms with Gasteiger partial charge in [0.25, 0.3) is 0 Å². The van der Waals surface area contributed by atoms with Crippen molar-refractivity contribution in [2.75, 3.05) is 32.6 Å². The maximum Gasteiger partial charge on any atom is 0.232 e. The van der Waals surface area contributed by atoms with Gasteiger partial charge in [-0.25, -0.2) is 0 Å². The van der Waals surface area contributed by atoms with E-state index in [1.165, 1.54) is 0 Å². The van der Waals surface area contributed by atoms with E-state index in [-0.39, 0.29) is 17.8 Å². The highest BCUT2D eigenvalue weighted by Gasteiger charge is 2.11. The Kier molecular flexibility index (Phi) is 9.13. The van der Waals surface area contributed by atoms with Gasteiger partial charge in [-0.15, -0.1) is 11.8 Å². The van der Waals surface area contributed by atoms with Crippen LogP contribution in [0.5, 0.6) is 0 Å². The Morgan fingerprint density at radius 2 is 2.36 bits per heavy atom. The molecule has 0 aromatic rings. The molecule has 14 heavy (non-hydrogen) atoms. The maximum atomic E-state index is 11.4. The van der Waals surface area contributed by atoms with Crippen LogP contribution >= 0.6 is 11.8 Å². The van der Waals surface area contributed by atoms with E-state index in [9.17, 15) is 4.79 Å². The van der Waals surface area contributed by atoms with Crippen molar-refractivity contribution in [3.63, 3.8) is 0 Å². The molecule has 0 aromatic heterocycles. The quantitative estimate of drug-likeness (QED) is 0.577. The molecule has 0 aromatic carbocycles. The third-order valence-electron chi connectivity index (χ3n) is 1.64. The van der Waals surface area contributed by atoms with Gasteiger partial charge in [-0.05, 0) is 19.1 Å². The number of hydrogen-bond acceptors (Lipinski definition) is 4. The molecule has 0 heterocycles. The van der Waals surface area contributed by atoms with Gasteiger partial charge in [0, 0.05) is 20.3 Å². The number of aliphatic hydroxyl groups excluding tert-OH is 1. The highest BCUT2D eigenvalue weighted by Crippen LogP contribution is 2.11. The van der Waals surface area contributed by atoms with Crippen LogP contribution in [0, 0.1) is 0 Å². The third-order valence-corrected chi connectivity index (χ3v) is 2.88. The van der Waals surface area contributed by atoms with E-state index < -0.39 is 0 Å². The number of thioether (sulfide) groups is 1. The number of carbonyl (C=O) groups is 1. The van der Waals surface area contributed by atoms with Crippen LogP contribution in [0.1, 0.15) is 13.3 Å². The lowest BCUT2D eigenvalue weighted by Crippen LogP contribution is -2.33. The van der Waals surface area contributed by atoms with Crippen LogP contribution in [-0.4, -0.2) is 48.9 Å². The summed E-state index contributed by atoms with van der Waals surface area (Å²) in [4.78, 5) is 11.4. The first-order valence-electron chi connectivity index (χ1n) is 4.71. The Labute approximate surface area is 89.4 Å². The van der Waals surface area contributed by atoms with Crippen LogP contribution in [-0.2, 0) is 9.53 Å². The van der Waals surface area contributed by atoms with Crippen molar-refractivity contribution in [2.24, 2.45) is 0 Å². The normalized spacial score (nSPS) is 12.5. The van der Waals surface area contributed by atoms with E-state index in [1.807, 2.05) is 6.92 Å². The summed E-state index contributed by atoms with van der Waals surface area (Å²) < 4.78 is 4.82. The van der Waals surface area contributed by atoms with Crippen LogP contribution in [0.25, 0.3) is 0 Å². The zero-order chi connectivity index (χ0) is 10.8.